The fourth-order valence-electron chi connectivity index (χ4n) is 1.76. The molecule has 0 saturated carbocycles. The molecule has 88 valence electrons. The van der Waals surface area contributed by atoms with Gasteiger partial charge in [0, 0.05) is 23.8 Å². The summed E-state index contributed by atoms with van der Waals surface area (Å²) in [5.74, 6) is 0.123. The highest BCUT2D eigenvalue weighted by Crippen LogP contribution is 2.17. The third-order valence-corrected chi connectivity index (χ3v) is 2.95. The lowest BCUT2D eigenvalue weighted by Gasteiger charge is -2.15. The zero-order valence-corrected chi connectivity index (χ0v) is 10.3. The summed E-state index contributed by atoms with van der Waals surface area (Å²) in [4.78, 5) is 15.6. The second-order valence-electron chi connectivity index (χ2n) is 3.97. The van der Waals surface area contributed by atoms with Crippen molar-refractivity contribution in [2.24, 2.45) is 0 Å². The fourth-order valence-corrected chi connectivity index (χ4v) is 1.88. The summed E-state index contributed by atoms with van der Waals surface area (Å²) in [6.45, 7) is 1.60. The van der Waals surface area contributed by atoms with Crippen molar-refractivity contribution in [1.29, 1.82) is 0 Å². The lowest BCUT2D eigenvalue weighted by Crippen LogP contribution is -2.18. The summed E-state index contributed by atoms with van der Waals surface area (Å²) in [7, 11) is 0. The number of Topliss-reactive ketones (excluding diaryl/α,β-unsaturated/α-hetero) is 1. The number of ketones is 1. The van der Waals surface area contributed by atoms with Crippen LogP contribution in [0.25, 0.3) is 0 Å². The van der Waals surface area contributed by atoms with E-state index in [4.69, 9.17) is 11.6 Å². The number of nitrogens with zero attached hydrogens (tertiary/aromatic N) is 2. The van der Waals surface area contributed by atoms with Crippen molar-refractivity contribution in [3.8, 4) is 0 Å². The molecule has 1 heterocycles. The molecule has 3 nitrogen and oxygen atoms in total. The van der Waals surface area contributed by atoms with Gasteiger partial charge in [0.15, 0.2) is 5.78 Å². The first-order valence-electron chi connectivity index (χ1n) is 5.39. The molecule has 0 bridgehead atoms. The maximum absolute atomic E-state index is 11.6. The Hall–Kier alpha value is -1.61. The van der Waals surface area contributed by atoms with E-state index in [9.17, 15) is 4.79 Å². The average Bonchev–Trinajstić information content (AvgIpc) is 2.81. The molecule has 0 fully saturated rings. The molecule has 1 aromatic heterocycles. The number of aromatic nitrogens is 2. The minimum Gasteiger partial charge on any atom is -0.327 e. The topological polar surface area (TPSA) is 34.9 Å². The Labute approximate surface area is 105 Å². The normalized spacial score (nSPS) is 12.4. The molecule has 0 aliphatic rings. The Morgan fingerprint density at radius 3 is 2.65 bits per heavy atom. The van der Waals surface area contributed by atoms with Crippen LogP contribution in [0.3, 0.4) is 0 Å². The fraction of sp³-hybridized carbons (Fsp3) is 0.231. The summed E-state index contributed by atoms with van der Waals surface area (Å²) in [6.07, 6.45) is 5.81. The summed E-state index contributed by atoms with van der Waals surface area (Å²) in [6, 6.07) is 7.35. The maximum atomic E-state index is 11.6. The molecular weight excluding hydrogens is 236 g/mol. The van der Waals surface area contributed by atoms with Crippen molar-refractivity contribution in [2.45, 2.75) is 19.4 Å². The highest BCUT2D eigenvalue weighted by Gasteiger charge is 2.16. The largest absolute Gasteiger partial charge is 0.327 e. The first-order chi connectivity index (χ1) is 8.16. The number of hydrogen-bond acceptors (Lipinski definition) is 2. The highest BCUT2D eigenvalue weighted by molar-refractivity contribution is 6.30. The molecule has 1 unspecified atom stereocenters. The Morgan fingerprint density at radius 1 is 1.41 bits per heavy atom. The number of rotatable bonds is 4. The second-order valence-corrected chi connectivity index (χ2v) is 4.40. The quantitative estimate of drug-likeness (QED) is 0.834. The van der Waals surface area contributed by atoms with Gasteiger partial charge >= 0.3 is 0 Å². The molecule has 17 heavy (non-hydrogen) atoms. The number of carbonyl (C=O) groups is 1. The number of halogens is 1. The van der Waals surface area contributed by atoms with Crippen LogP contribution in [0.15, 0.2) is 43.0 Å². The lowest BCUT2D eigenvalue weighted by atomic mass is 10.0. The highest BCUT2D eigenvalue weighted by atomic mass is 35.5. The van der Waals surface area contributed by atoms with Crippen LogP contribution in [0, 0.1) is 0 Å². The van der Waals surface area contributed by atoms with E-state index in [1.807, 2.05) is 35.0 Å². The van der Waals surface area contributed by atoms with Crippen LogP contribution in [0.4, 0.5) is 0 Å². The van der Waals surface area contributed by atoms with Gasteiger partial charge in [0.25, 0.3) is 0 Å². The van der Waals surface area contributed by atoms with Crippen LogP contribution >= 0.6 is 11.6 Å². The van der Waals surface area contributed by atoms with Crippen molar-refractivity contribution in [2.75, 3.05) is 0 Å². The van der Waals surface area contributed by atoms with E-state index in [0.717, 1.165) is 5.56 Å². The number of benzene rings is 1. The lowest BCUT2D eigenvalue weighted by molar-refractivity contribution is -0.120. The standard InChI is InChI=1S/C13H13ClN2O/c1-10(17)13(16-7-6-15-9-16)8-11-2-4-12(14)5-3-11/h2-7,9,13H,8H2,1H3. The Balaban J connectivity index is 2.19. The van der Waals surface area contributed by atoms with E-state index >= 15 is 0 Å². The van der Waals surface area contributed by atoms with Gasteiger partial charge in [-0.1, -0.05) is 23.7 Å². The van der Waals surface area contributed by atoms with Crippen LogP contribution in [0.2, 0.25) is 5.02 Å². The van der Waals surface area contributed by atoms with Gasteiger partial charge in [-0.2, -0.15) is 0 Å². The van der Waals surface area contributed by atoms with Crippen molar-refractivity contribution in [3.05, 3.63) is 53.6 Å². The van der Waals surface area contributed by atoms with E-state index in [2.05, 4.69) is 4.98 Å². The molecule has 0 N–H and O–H groups in total. The SMILES string of the molecule is CC(=O)C(Cc1ccc(Cl)cc1)n1ccnc1. The van der Waals surface area contributed by atoms with Crippen molar-refractivity contribution in [1.82, 2.24) is 9.55 Å². The van der Waals surface area contributed by atoms with E-state index in [0.29, 0.717) is 11.4 Å². The van der Waals surface area contributed by atoms with Gasteiger partial charge in [-0.25, -0.2) is 4.98 Å². The van der Waals surface area contributed by atoms with Crippen LogP contribution in [-0.2, 0) is 11.2 Å². The molecule has 0 radical (unpaired) electrons. The Bertz CT molecular complexity index is 491. The molecule has 1 aromatic carbocycles. The van der Waals surface area contributed by atoms with Crippen LogP contribution in [0.1, 0.15) is 18.5 Å². The van der Waals surface area contributed by atoms with E-state index in [1.165, 1.54) is 0 Å². The smallest absolute Gasteiger partial charge is 0.152 e. The molecule has 0 aliphatic carbocycles. The molecule has 4 heteroatoms. The Morgan fingerprint density at radius 2 is 2.12 bits per heavy atom. The van der Waals surface area contributed by atoms with Gasteiger partial charge in [-0.15, -0.1) is 0 Å². The number of hydrogen-bond donors (Lipinski definition) is 0. The third-order valence-electron chi connectivity index (χ3n) is 2.70. The van der Waals surface area contributed by atoms with E-state index in [1.54, 1.807) is 19.4 Å². The molecule has 2 rings (SSSR count). The molecule has 0 spiro atoms. The first kappa shape index (κ1) is 11.9. The minimum absolute atomic E-state index is 0.123. The molecule has 0 amide bonds. The zero-order chi connectivity index (χ0) is 12.3. The number of imidazole rings is 1. The van der Waals surface area contributed by atoms with Gasteiger partial charge in [0.2, 0.25) is 0 Å². The van der Waals surface area contributed by atoms with Gasteiger partial charge < -0.3 is 4.57 Å². The molecule has 1 atom stereocenters. The van der Waals surface area contributed by atoms with E-state index < -0.39 is 0 Å². The summed E-state index contributed by atoms with van der Waals surface area (Å²) in [5, 5.41) is 0.704. The van der Waals surface area contributed by atoms with Gasteiger partial charge in [-0.05, 0) is 24.6 Å². The summed E-state index contributed by atoms with van der Waals surface area (Å²) < 4.78 is 1.83. The predicted octanol–water partition coefficient (Wildman–Crippen LogP) is 2.91. The molecular formula is C13H13ClN2O. The van der Waals surface area contributed by atoms with Crippen molar-refractivity contribution < 1.29 is 4.79 Å². The van der Waals surface area contributed by atoms with Gasteiger partial charge in [0.1, 0.15) is 0 Å². The molecule has 2 aromatic rings. The van der Waals surface area contributed by atoms with Crippen LogP contribution in [0.5, 0.6) is 0 Å². The van der Waals surface area contributed by atoms with Crippen molar-refractivity contribution in [3.63, 3.8) is 0 Å². The first-order valence-corrected chi connectivity index (χ1v) is 5.77. The third kappa shape index (κ3) is 2.94. The van der Waals surface area contributed by atoms with Crippen LogP contribution < -0.4 is 0 Å². The Kier molecular flexibility index (Phi) is 3.59. The zero-order valence-electron chi connectivity index (χ0n) is 9.51. The average molecular weight is 249 g/mol. The molecule has 0 aliphatic heterocycles. The predicted molar refractivity (Wildman–Crippen MR) is 67.1 cm³/mol. The second kappa shape index (κ2) is 5.15. The summed E-state index contributed by atoms with van der Waals surface area (Å²) >= 11 is 5.83. The maximum Gasteiger partial charge on any atom is 0.152 e. The minimum atomic E-state index is -0.196. The van der Waals surface area contributed by atoms with Gasteiger partial charge in [-0.3, -0.25) is 4.79 Å². The van der Waals surface area contributed by atoms with Gasteiger partial charge in [0.05, 0.1) is 12.4 Å². The molecule has 0 saturated heterocycles. The van der Waals surface area contributed by atoms with Crippen molar-refractivity contribution >= 4 is 17.4 Å². The monoisotopic (exact) mass is 248 g/mol. The number of carbonyl (C=O) groups excluding carboxylic acids is 1. The summed E-state index contributed by atoms with van der Waals surface area (Å²) in [5.41, 5.74) is 1.09. The van der Waals surface area contributed by atoms with Crippen LogP contribution in [-0.4, -0.2) is 15.3 Å². The van der Waals surface area contributed by atoms with E-state index in [-0.39, 0.29) is 11.8 Å².